The van der Waals surface area contributed by atoms with Crippen LogP contribution in [0.15, 0.2) is 17.5 Å². The highest BCUT2D eigenvalue weighted by molar-refractivity contribution is 7.10. The highest BCUT2D eigenvalue weighted by Crippen LogP contribution is 2.25. The van der Waals surface area contributed by atoms with Crippen LogP contribution >= 0.6 is 11.3 Å². The molecule has 1 saturated heterocycles. The monoisotopic (exact) mass is 311 g/mol. The molecular weight excluding hydrogens is 290 g/mol. The van der Waals surface area contributed by atoms with E-state index < -0.39 is 0 Å². The Hall–Kier alpha value is -1.44. The normalized spacial score (nSPS) is 17.1. The van der Waals surface area contributed by atoms with Gasteiger partial charge in [0, 0.05) is 18.5 Å². The van der Waals surface area contributed by atoms with Crippen LogP contribution in [0.4, 0.5) is 4.79 Å². The maximum Gasteiger partial charge on any atom is 0.327 e. The van der Waals surface area contributed by atoms with Gasteiger partial charge in [-0.3, -0.25) is 9.69 Å². The van der Waals surface area contributed by atoms with Crippen molar-refractivity contribution in [3.63, 3.8) is 0 Å². The zero-order chi connectivity index (χ0) is 15.4. The van der Waals surface area contributed by atoms with Crippen LogP contribution in [0.1, 0.15) is 10.9 Å². The van der Waals surface area contributed by atoms with Crippen molar-refractivity contribution in [1.82, 2.24) is 14.7 Å². The number of amides is 3. The fourth-order valence-electron chi connectivity index (χ4n) is 2.31. The number of thiophene rings is 1. The van der Waals surface area contributed by atoms with Gasteiger partial charge in [0.2, 0.25) is 5.91 Å². The number of urea groups is 1. The van der Waals surface area contributed by atoms with Gasteiger partial charge < -0.3 is 14.5 Å². The molecule has 7 heteroatoms. The predicted octanol–water partition coefficient (Wildman–Crippen LogP) is 1.26. The quantitative estimate of drug-likeness (QED) is 0.712. The zero-order valence-electron chi connectivity index (χ0n) is 12.6. The number of carbonyl (C=O) groups is 2. The van der Waals surface area contributed by atoms with Crippen molar-refractivity contribution >= 4 is 23.3 Å². The molecule has 2 heterocycles. The second kappa shape index (κ2) is 7.02. The molecule has 1 aliphatic rings. The molecule has 0 radical (unpaired) electrons. The first-order valence-electron chi connectivity index (χ1n) is 6.82. The molecule has 2 rings (SSSR count). The van der Waals surface area contributed by atoms with E-state index in [0.29, 0.717) is 19.7 Å². The number of rotatable bonds is 7. The van der Waals surface area contributed by atoms with Crippen molar-refractivity contribution in [3.8, 4) is 0 Å². The maximum atomic E-state index is 12.3. The summed E-state index contributed by atoms with van der Waals surface area (Å²) in [6.07, 6.45) is 0. The van der Waals surface area contributed by atoms with Gasteiger partial charge in [0.05, 0.1) is 19.2 Å². The van der Waals surface area contributed by atoms with E-state index in [9.17, 15) is 9.59 Å². The standard InChI is InChI=1S/C14H21N3O3S/c1-15(2)11(12-5-4-8-21-12)9-17-13(18)10-16(14(17)19)6-7-20-3/h4-5,8,11H,6-7,9-10H2,1-3H3/t11-/m1/s1. The van der Waals surface area contributed by atoms with Crippen molar-refractivity contribution in [2.75, 3.05) is 47.4 Å². The summed E-state index contributed by atoms with van der Waals surface area (Å²) in [6.45, 7) is 1.42. The number of nitrogens with zero attached hydrogens (tertiary/aromatic N) is 3. The van der Waals surface area contributed by atoms with E-state index in [1.54, 1.807) is 18.4 Å². The molecule has 0 bridgehead atoms. The lowest BCUT2D eigenvalue weighted by Gasteiger charge is -2.27. The van der Waals surface area contributed by atoms with E-state index in [0.717, 1.165) is 4.88 Å². The fraction of sp³-hybridized carbons (Fsp3) is 0.571. The summed E-state index contributed by atoms with van der Waals surface area (Å²) in [5, 5.41) is 2.00. The summed E-state index contributed by atoms with van der Waals surface area (Å²) >= 11 is 1.64. The topological polar surface area (TPSA) is 53.1 Å². The Kier molecular flexibility index (Phi) is 5.33. The molecule has 0 unspecified atom stereocenters. The van der Waals surface area contributed by atoms with E-state index in [-0.39, 0.29) is 24.5 Å². The van der Waals surface area contributed by atoms with Gasteiger partial charge >= 0.3 is 6.03 Å². The van der Waals surface area contributed by atoms with E-state index in [1.807, 2.05) is 36.5 Å². The lowest BCUT2D eigenvalue weighted by atomic mass is 10.2. The summed E-state index contributed by atoms with van der Waals surface area (Å²) < 4.78 is 4.97. The molecule has 0 saturated carbocycles. The predicted molar refractivity (Wildman–Crippen MR) is 81.3 cm³/mol. The van der Waals surface area contributed by atoms with Gasteiger partial charge in [0.1, 0.15) is 6.54 Å². The summed E-state index contributed by atoms with van der Waals surface area (Å²) in [5.74, 6) is -0.139. The zero-order valence-corrected chi connectivity index (χ0v) is 13.4. The third-order valence-electron chi connectivity index (χ3n) is 3.54. The van der Waals surface area contributed by atoms with Crippen molar-refractivity contribution in [2.45, 2.75) is 6.04 Å². The van der Waals surface area contributed by atoms with Crippen molar-refractivity contribution in [2.24, 2.45) is 0 Å². The van der Waals surface area contributed by atoms with Gasteiger partial charge in [-0.05, 0) is 25.5 Å². The Morgan fingerprint density at radius 1 is 1.43 bits per heavy atom. The molecule has 3 amide bonds. The van der Waals surface area contributed by atoms with Gasteiger partial charge in [0.15, 0.2) is 0 Å². The average molecular weight is 311 g/mol. The Bertz CT molecular complexity index is 490. The summed E-state index contributed by atoms with van der Waals surface area (Å²) in [7, 11) is 5.50. The first-order valence-corrected chi connectivity index (χ1v) is 7.70. The number of carbonyl (C=O) groups excluding carboxylic acids is 2. The van der Waals surface area contributed by atoms with Gasteiger partial charge in [-0.15, -0.1) is 11.3 Å². The molecule has 1 fully saturated rings. The van der Waals surface area contributed by atoms with Crippen LogP contribution in [-0.2, 0) is 9.53 Å². The summed E-state index contributed by atoms with van der Waals surface area (Å²) in [5.41, 5.74) is 0. The number of hydrogen-bond donors (Lipinski definition) is 0. The van der Waals surface area contributed by atoms with Crippen LogP contribution in [0.2, 0.25) is 0 Å². The maximum absolute atomic E-state index is 12.3. The number of ether oxygens (including phenoxy) is 1. The fourth-order valence-corrected chi connectivity index (χ4v) is 3.23. The number of likely N-dealkylation sites (N-methyl/N-ethyl adjacent to an activating group) is 1. The van der Waals surface area contributed by atoms with Gasteiger partial charge in [-0.2, -0.15) is 0 Å². The number of hydrogen-bond acceptors (Lipinski definition) is 5. The molecular formula is C14H21N3O3S. The minimum Gasteiger partial charge on any atom is -0.383 e. The Balaban J connectivity index is 2.07. The van der Waals surface area contributed by atoms with Crippen molar-refractivity contribution < 1.29 is 14.3 Å². The van der Waals surface area contributed by atoms with Crippen LogP contribution in [0, 0.1) is 0 Å². The Morgan fingerprint density at radius 3 is 2.76 bits per heavy atom. The van der Waals surface area contributed by atoms with Gasteiger partial charge in [0.25, 0.3) is 0 Å². The number of imide groups is 1. The van der Waals surface area contributed by atoms with Crippen LogP contribution in [-0.4, -0.2) is 74.1 Å². The largest absolute Gasteiger partial charge is 0.383 e. The molecule has 21 heavy (non-hydrogen) atoms. The first-order chi connectivity index (χ1) is 10.0. The van der Waals surface area contributed by atoms with Gasteiger partial charge in [-0.25, -0.2) is 4.79 Å². The molecule has 1 atom stereocenters. The minimum absolute atomic E-state index is 0.0280. The molecule has 6 nitrogen and oxygen atoms in total. The van der Waals surface area contributed by atoms with Crippen LogP contribution in [0.5, 0.6) is 0 Å². The van der Waals surface area contributed by atoms with Gasteiger partial charge in [-0.1, -0.05) is 6.07 Å². The second-order valence-electron chi connectivity index (χ2n) is 5.20. The molecule has 0 aliphatic carbocycles. The molecule has 0 N–H and O–H groups in total. The first kappa shape index (κ1) is 15.9. The Labute approximate surface area is 128 Å². The number of methoxy groups -OCH3 is 1. The summed E-state index contributed by atoms with van der Waals surface area (Å²) in [4.78, 5) is 30.5. The molecule has 1 aromatic heterocycles. The molecule has 116 valence electrons. The van der Waals surface area contributed by atoms with Crippen LogP contribution in [0.25, 0.3) is 0 Å². The average Bonchev–Trinajstić information content (AvgIpc) is 3.04. The lowest BCUT2D eigenvalue weighted by molar-refractivity contribution is -0.125. The van der Waals surface area contributed by atoms with E-state index in [4.69, 9.17) is 4.74 Å². The third kappa shape index (κ3) is 3.61. The highest BCUT2D eigenvalue weighted by Gasteiger charge is 2.37. The second-order valence-corrected chi connectivity index (χ2v) is 6.18. The smallest absolute Gasteiger partial charge is 0.327 e. The third-order valence-corrected chi connectivity index (χ3v) is 4.52. The molecule has 1 aliphatic heterocycles. The van der Waals surface area contributed by atoms with E-state index >= 15 is 0 Å². The van der Waals surface area contributed by atoms with E-state index in [2.05, 4.69) is 0 Å². The van der Waals surface area contributed by atoms with E-state index in [1.165, 1.54) is 9.80 Å². The molecule has 0 spiro atoms. The Morgan fingerprint density at radius 2 is 2.19 bits per heavy atom. The highest BCUT2D eigenvalue weighted by atomic mass is 32.1. The SMILES string of the molecule is COCCN1CC(=O)N(C[C@H](c2cccs2)N(C)C)C1=O. The lowest BCUT2D eigenvalue weighted by Crippen LogP contribution is -2.39. The van der Waals surface area contributed by atoms with Crippen molar-refractivity contribution in [1.29, 1.82) is 0 Å². The van der Waals surface area contributed by atoms with Crippen LogP contribution < -0.4 is 0 Å². The van der Waals surface area contributed by atoms with Crippen molar-refractivity contribution in [3.05, 3.63) is 22.4 Å². The summed E-state index contributed by atoms with van der Waals surface area (Å²) in [6, 6.07) is 3.82. The molecule has 1 aromatic rings. The minimum atomic E-state index is -0.222. The van der Waals surface area contributed by atoms with Crippen LogP contribution in [0.3, 0.4) is 0 Å². The molecule has 0 aromatic carbocycles.